The Morgan fingerprint density at radius 1 is 0.914 bits per heavy atom. The lowest BCUT2D eigenvalue weighted by atomic mass is 9.86. The Hall–Kier alpha value is -3.52. The number of carbonyl (C=O) groups excluding carboxylic acids is 3. The van der Waals surface area contributed by atoms with Crippen molar-refractivity contribution < 1.29 is 14.4 Å². The maximum atomic E-state index is 13.2. The second-order valence-electron chi connectivity index (χ2n) is 9.48. The number of benzene rings is 3. The van der Waals surface area contributed by atoms with E-state index in [9.17, 15) is 14.4 Å². The first-order valence-electron chi connectivity index (χ1n) is 11.4. The van der Waals surface area contributed by atoms with E-state index in [1.807, 2.05) is 81.6 Å². The first kappa shape index (κ1) is 26.1. The van der Waals surface area contributed by atoms with Gasteiger partial charge in [0.25, 0.3) is 0 Å². The lowest BCUT2D eigenvalue weighted by Crippen LogP contribution is -2.58. The third-order valence-electron chi connectivity index (χ3n) is 5.67. The summed E-state index contributed by atoms with van der Waals surface area (Å²) in [5.41, 5.74) is 6.50. The summed E-state index contributed by atoms with van der Waals surface area (Å²) in [6.45, 7) is 5.52. The van der Waals surface area contributed by atoms with Crippen LogP contribution in [0.4, 0.5) is 10.5 Å². The molecule has 0 bridgehead atoms. The first-order valence-corrected chi connectivity index (χ1v) is 12.6. The molecule has 0 spiro atoms. The van der Waals surface area contributed by atoms with E-state index in [1.54, 1.807) is 23.9 Å². The maximum Gasteiger partial charge on any atom is 0.319 e. The SMILES string of the molecule is CSc1ccc(NC(=O)N[C@H](C(=O)N[C@@H](Cc2ccc3ccccc3c2)C(N)=O)C(C)(C)C)cc1. The minimum Gasteiger partial charge on any atom is -0.368 e. The van der Waals surface area contributed by atoms with E-state index < -0.39 is 35.3 Å². The number of urea groups is 1. The zero-order valence-electron chi connectivity index (χ0n) is 20.4. The van der Waals surface area contributed by atoms with Crippen LogP contribution in [0.25, 0.3) is 10.8 Å². The number of fused-ring (bicyclic) bond motifs is 1. The minimum absolute atomic E-state index is 0.247. The largest absolute Gasteiger partial charge is 0.368 e. The van der Waals surface area contributed by atoms with Crippen LogP contribution in [-0.4, -0.2) is 36.2 Å². The van der Waals surface area contributed by atoms with Crippen LogP contribution >= 0.6 is 11.8 Å². The molecule has 184 valence electrons. The monoisotopic (exact) mass is 492 g/mol. The van der Waals surface area contributed by atoms with Gasteiger partial charge in [-0.1, -0.05) is 63.2 Å². The molecule has 0 aliphatic heterocycles. The molecule has 0 radical (unpaired) electrons. The van der Waals surface area contributed by atoms with Crippen LogP contribution in [0.3, 0.4) is 0 Å². The van der Waals surface area contributed by atoms with Crippen LogP contribution in [-0.2, 0) is 16.0 Å². The van der Waals surface area contributed by atoms with Crippen molar-refractivity contribution in [2.45, 2.75) is 44.2 Å². The van der Waals surface area contributed by atoms with Gasteiger partial charge in [0.15, 0.2) is 0 Å². The van der Waals surface area contributed by atoms with Gasteiger partial charge in [-0.2, -0.15) is 0 Å². The minimum atomic E-state index is -0.919. The van der Waals surface area contributed by atoms with E-state index in [-0.39, 0.29) is 6.42 Å². The van der Waals surface area contributed by atoms with Crippen molar-refractivity contribution in [2.24, 2.45) is 11.1 Å². The van der Waals surface area contributed by atoms with Crippen molar-refractivity contribution in [3.8, 4) is 0 Å². The molecule has 35 heavy (non-hydrogen) atoms. The second-order valence-corrected chi connectivity index (χ2v) is 10.4. The quantitative estimate of drug-likeness (QED) is 0.351. The molecule has 7 nitrogen and oxygen atoms in total. The van der Waals surface area contributed by atoms with E-state index >= 15 is 0 Å². The molecule has 0 unspecified atom stereocenters. The number of hydrogen-bond acceptors (Lipinski definition) is 4. The number of hydrogen-bond donors (Lipinski definition) is 4. The molecule has 0 aromatic heterocycles. The number of nitrogens with one attached hydrogen (secondary N) is 3. The summed E-state index contributed by atoms with van der Waals surface area (Å²) in [5, 5.41) is 10.4. The van der Waals surface area contributed by atoms with Gasteiger partial charge < -0.3 is 21.7 Å². The van der Waals surface area contributed by atoms with Gasteiger partial charge in [0.2, 0.25) is 11.8 Å². The lowest BCUT2D eigenvalue weighted by Gasteiger charge is -2.31. The van der Waals surface area contributed by atoms with E-state index in [0.717, 1.165) is 21.2 Å². The summed E-state index contributed by atoms with van der Waals surface area (Å²) < 4.78 is 0. The molecular weight excluding hydrogens is 460 g/mol. The second kappa shape index (κ2) is 11.3. The molecule has 4 amide bonds. The Morgan fingerprint density at radius 2 is 1.57 bits per heavy atom. The van der Waals surface area contributed by atoms with E-state index in [0.29, 0.717) is 5.69 Å². The Bertz CT molecular complexity index is 1210. The molecular formula is C27H32N4O3S. The van der Waals surface area contributed by atoms with Gasteiger partial charge in [-0.15, -0.1) is 11.8 Å². The standard InChI is InChI=1S/C27H32N4O3S/c1-27(2,3)23(31-26(34)29-20-11-13-21(35-4)14-12-20)25(33)30-22(24(28)32)16-17-9-10-18-7-5-6-8-19(18)15-17/h5-15,22-23H,16H2,1-4H3,(H2,28,32)(H,30,33)(H2,29,31,34)/t22-,23+/m0/s1. The van der Waals surface area contributed by atoms with Gasteiger partial charge in [0.05, 0.1) is 0 Å². The first-order chi connectivity index (χ1) is 16.6. The predicted molar refractivity (Wildman–Crippen MR) is 142 cm³/mol. The Kier molecular flexibility index (Phi) is 8.40. The summed E-state index contributed by atoms with van der Waals surface area (Å²) in [6, 6.07) is 18.8. The fourth-order valence-corrected chi connectivity index (χ4v) is 4.14. The molecule has 0 saturated carbocycles. The number of anilines is 1. The maximum absolute atomic E-state index is 13.2. The van der Waals surface area contributed by atoms with Crippen LogP contribution in [0, 0.1) is 5.41 Å². The molecule has 0 aliphatic carbocycles. The summed E-state index contributed by atoms with van der Waals surface area (Å²) >= 11 is 1.60. The summed E-state index contributed by atoms with van der Waals surface area (Å²) in [4.78, 5) is 39.2. The highest BCUT2D eigenvalue weighted by Gasteiger charge is 2.34. The molecule has 3 aromatic carbocycles. The zero-order valence-corrected chi connectivity index (χ0v) is 21.2. The van der Waals surface area contributed by atoms with Gasteiger partial charge in [-0.3, -0.25) is 9.59 Å². The van der Waals surface area contributed by atoms with E-state index in [1.165, 1.54) is 0 Å². The highest BCUT2D eigenvalue weighted by Crippen LogP contribution is 2.22. The van der Waals surface area contributed by atoms with Gasteiger partial charge in [-0.25, -0.2) is 4.79 Å². The molecule has 3 rings (SSSR count). The molecule has 5 N–H and O–H groups in total. The molecule has 8 heteroatoms. The Labute approximate surface area is 210 Å². The molecule has 0 fully saturated rings. The summed E-state index contributed by atoms with van der Waals surface area (Å²) in [7, 11) is 0. The number of thioether (sulfide) groups is 1. The number of nitrogens with two attached hydrogens (primary N) is 1. The van der Waals surface area contributed by atoms with Gasteiger partial charge in [-0.05, 0) is 52.3 Å². The van der Waals surface area contributed by atoms with Crippen molar-refractivity contribution in [1.29, 1.82) is 0 Å². The molecule has 3 aromatic rings. The highest BCUT2D eigenvalue weighted by atomic mass is 32.2. The average Bonchev–Trinajstić information content (AvgIpc) is 2.81. The fourth-order valence-electron chi connectivity index (χ4n) is 3.73. The zero-order chi connectivity index (χ0) is 25.6. The van der Waals surface area contributed by atoms with Crippen LogP contribution < -0.4 is 21.7 Å². The van der Waals surface area contributed by atoms with Crippen molar-refractivity contribution in [1.82, 2.24) is 10.6 Å². The van der Waals surface area contributed by atoms with Crippen molar-refractivity contribution in [3.63, 3.8) is 0 Å². The molecule has 2 atom stereocenters. The number of primary amides is 1. The highest BCUT2D eigenvalue weighted by molar-refractivity contribution is 7.98. The van der Waals surface area contributed by atoms with Crippen LogP contribution in [0.2, 0.25) is 0 Å². The van der Waals surface area contributed by atoms with E-state index in [4.69, 9.17) is 5.73 Å². The Morgan fingerprint density at radius 3 is 2.17 bits per heavy atom. The third kappa shape index (κ3) is 7.23. The van der Waals surface area contributed by atoms with Gasteiger partial charge in [0.1, 0.15) is 12.1 Å². The fraction of sp³-hybridized carbons (Fsp3) is 0.296. The molecule has 0 aliphatic rings. The van der Waals surface area contributed by atoms with Crippen molar-refractivity contribution in [2.75, 3.05) is 11.6 Å². The van der Waals surface area contributed by atoms with Crippen LogP contribution in [0.5, 0.6) is 0 Å². The predicted octanol–water partition coefficient (Wildman–Crippen LogP) is 4.31. The summed E-state index contributed by atoms with van der Waals surface area (Å²) in [6.07, 6.45) is 2.22. The van der Waals surface area contributed by atoms with E-state index in [2.05, 4.69) is 16.0 Å². The van der Waals surface area contributed by atoms with Gasteiger partial charge in [0, 0.05) is 17.0 Å². The molecule has 0 saturated heterocycles. The number of rotatable bonds is 8. The number of carbonyl (C=O) groups is 3. The van der Waals surface area contributed by atoms with Crippen molar-refractivity contribution in [3.05, 3.63) is 72.3 Å². The third-order valence-corrected chi connectivity index (χ3v) is 6.41. The Balaban J connectivity index is 1.70. The normalized spacial score (nSPS) is 13.0. The van der Waals surface area contributed by atoms with Gasteiger partial charge >= 0.3 is 6.03 Å². The van der Waals surface area contributed by atoms with Crippen molar-refractivity contribution >= 4 is 46.1 Å². The number of amides is 4. The lowest BCUT2D eigenvalue weighted by molar-refractivity contribution is -0.130. The summed E-state index contributed by atoms with van der Waals surface area (Å²) in [5.74, 6) is -1.12. The van der Waals surface area contributed by atoms with Crippen LogP contribution in [0.15, 0.2) is 71.6 Å². The molecule has 0 heterocycles. The average molecular weight is 493 g/mol. The topological polar surface area (TPSA) is 113 Å². The smallest absolute Gasteiger partial charge is 0.319 e. The van der Waals surface area contributed by atoms with Crippen LogP contribution in [0.1, 0.15) is 26.3 Å².